The van der Waals surface area contributed by atoms with Gasteiger partial charge in [0.05, 0.1) is 34.6 Å². The number of hydrogen-bond acceptors (Lipinski definition) is 5. The first-order valence-corrected chi connectivity index (χ1v) is 11.9. The van der Waals surface area contributed by atoms with Gasteiger partial charge in [0, 0.05) is 37.0 Å². The molecule has 8 heteroatoms. The summed E-state index contributed by atoms with van der Waals surface area (Å²) in [7, 11) is 0. The zero-order valence-electron chi connectivity index (χ0n) is 17.9. The topological polar surface area (TPSA) is 82.2 Å². The van der Waals surface area contributed by atoms with Crippen LogP contribution in [0.25, 0.3) is 0 Å². The van der Waals surface area contributed by atoms with Crippen LogP contribution in [0.2, 0.25) is 0 Å². The van der Waals surface area contributed by atoms with E-state index < -0.39 is 0 Å². The predicted molar refractivity (Wildman–Crippen MR) is 117 cm³/mol. The SMILES string of the molecule is Cc1nc(C)c(CC(=O)N2CCC[C@H](c3[nH]ncc3C(=O)N3CCCCCC3)C2)s1. The maximum atomic E-state index is 13.2. The molecule has 2 aliphatic heterocycles. The number of H-pyrrole nitrogens is 1. The van der Waals surface area contributed by atoms with Gasteiger partial charge in [-0.15, -0.1) is 11.3 Å². The number of aryl methyl sites for hydroxylation is 2. The minimum atomic E-state index is 0.0832. The highest BCUT2D eigenvalue weighted by molar-refractivity contribution is 7.11. The maximum absolute atomic E-state index is 13.2. The number of nitrogens with zero attached hydrogens (tertiary/aromatic N) is 4. The molecule has 0 saturated carbocycles. The first kappa shape index (κ1) is 21.0. The van der Waals surface area contributed by atoms with Crippen LogP contribution in [-0.2, 0) is 11.2 Å². The lowest BCUT2D eigenvalue weighted by molar-refractivity contribution is -0.131. The average molecular weight is 430 g/mol. The molecule has 2 aromatic heterocycles. The van der Waals surface area contributed by atoms with E-state index >= 15 is 0 Å². The molecule has 2 aromatic rings. The van der Waals surface area contributed by atoms with Gasteiger partial charge in [0.2, 0.25) is 5.91 Å². The number of carbonyl (C=O) groups excluding carboxylic acids is 2. The molecule has 0 radical (unpaired) electrons. The Hall–Kier alpha value is -2.22. The number of nitrogens with one attached hydrogen (secondary N) is 1. The summed E-state index contributed by atoms with van der Waals surface area (Å²) < 4.78 is 0. The van der Waals surface area contributed by atoms with Crippen molar-refractivity contribution < 1.29 is 9.59 Å². The number of carbonyl (C=O) groups is 2. The fourth-order valence-corrected chi connectivity index (χ4v) is 5.58. The van der Waals surface area contributed by atoms with E-state index in [9.17, 15) is 9.59 Å². The Balaban J connectivity index is 1.45. The highest BCUT2D eigenvalue weighted by atomic mass is 32.1. The molecule has 4 heterocycles. The zero-order chi connectivity index (χ0) is 21.1. The van der Waals surface area contributed by atoms with Crippen molar-refractivity contribution in [2.75, 3.05) is 26.2 Å². The molecule has 2 saturated heterocycles. The number of rotatable bonds is 4. The van der Waals surface area contributed by atoms with E-state index in [0.29, 0.717) is 18.5 Å². The van der Waals surface area contributed by atoms with Crippen molar-refractivity contribution >= 4 is 23.2 Å². The van der Waals surface area contributed by atoms with Crippen LogP contribution in [0.5, 0.6) is 0 Å². The smallest absolute Gasteiger partial charge is 0.257 e. The summed E-state index contributed by atoms with van der Waals surface area (Å²) in [6.45, 7) is 7.01. The Morgan fingerprint density at radius 2 is 1.83 bits per heavy atom. The Morgan fingerprint density at radius 3 is 2.53 bits per heavy atom. The molecule has 0 unspecified atom stereocenters. The Kier molecular flexibility index (Phi) is 6.51. The van der Waals surface area contributed by atoms with Gasteiger partial charge in [0.1, 0.15) is 0 Å². The van der Waals surface area contributed by atoms with Crippen molar-refractivity contribution in [3.63, 3.8) is 0 Å². The van der Waals surface area contributed by atoms with Gasteiger partial charge < -0.3 is 9.80 Å². The first-order chi connectivity index (χ1) is 14.5. The third kappa shape index (κ3) is 4.58. The summed E-state index contributed by atoms with van der Waals surface area (Å²) in [5.74, 6) is 0.353. The molecule has 162 valence electrons. The van der Waals surface area contributed by atoms with Crippen LogP contribution >= 0.6 is 11.3 Å². The largest absolute Gasteiger partial charge is 0.342 e. The monoisotopic (exact) mass is 429 g/mol. The second-order valence-corrected chi connectivity index (χ2v) is 9.79. The lowest BCUT2D eigenvalue weighted by Crippen LogP contribution is -2.40. The predicted octanol–water partition coefficient (Wildman–Crippen LogP) is 3.45. The Bertz CT molecular complexity index is 897. The van der Waals surface area contributed by atoms with Gasteiger partial charge in [-0.1, -0.05) is 12.8 Å². The van der Waals surface area contributed by atoms with Gasteiger partial charge >= 0.3 is 0 Å². The summed E-state index contributed by atoms with van der Waals surface area (Å²) in [5, 5.41) is 8.30. The second-order valence-electron chi connectivity index (χ2n) is 8.50. The molecule has 30 heavy (non-hydrogen) atoms. The minimum absolute atomic E-state index is 0.0832. The van der Waals surface area contributed by atoms with Crippen LogP contribution in [0.15, 0.2) is 6.20 Å². The van der Waals surface area contributed by atoms with Gasteiger partial charge in [0.15, 0.2) is 0 Å². The van der Waals surface area contributed by atoms with E-state index in [2.05, 4.69) is 15.2 Å². The normalized spacial score (nSPS) is 20.3. The molecule has 1 atom stereocenters. The van der Waals surface area contributed by atoms with Crippen LogP contribution in [0.1, 0.15) is 76.1 Å². The van der Waals surface area contributed by atoms with E-state index in [1.807, 2.05) is 23.6 Å². The zero-order valence-corrected chi connectivity index (χ0v) is 18.8. The van der Waals surface area contributed by atoms with E-state index in [4.69, 9.17) is 0 Å². The molecular weight excluding hydrogens is 398 g/mol. The van der Waals surface area contributed by atoms with Crippen LogP contribution in [0, 0.1) is 13.8 Å². The summed E-state index contributed by atoms with van der Waals surface area (Å²) in [6.07, 6.45) is 8.51. The number of hydrogen-bond donors (Lipinski definition) is 1. The van der Waals surface area contributed by atoms with Crippen LogP contribution in [-0.4, -0.2) is 63.0 Å². The summed E-state index contributed by atoms with van der Waals surface area (Å²) in [6, 6.07) is 0. The van der Waals surface area contributed by atoms with E-state index in [0.717, 1.165) is 66.6 Å². The van der Waals surface area contributed by atoms with Crippen molar-refractivity contribution in [3.8, 4) is 0 Å². The highest BCUT2D eigenvalue weighted by Gasteiger charge is 2.30. The third-order valence-corrected chi connectivity index (χ3v) is 7.36. The molecule has 0 aliphatic carbocycles. The van der Waals surface area contributed by atoms with Crippen LogP contribution < -0.4 is 0 Å². The summed E-state index contributed by atoms with van der Waals surface area (Å²) in [4.78, 5) is 35.5. The van der Waals surface area contributed by atoms with Crippen molar-refractivity contribution in [2.45, 2.75) is 64.7 Å². The van der Waals surface area contributed by atoms with E-state index in [-0.39, 0.29) is 17.7 Å². The number of likely N-dealkylation sites (tertiary alicyclic amines) is 2. The standard InChI is InChI=1S/C22H31N5O2S/c1-15-19(30-16(2)24-15)12-20(28)27-11-7-8-17(14-27)21-18(13-23-25-21)22(29)26-9-5-3-4-6-10-26/h13,17H,3-12,14H2,1-2H3,(H,23,25)/t17-/m0/s1. The number of amides is 2. The minimum Gasteiger partial charge on any atom is -0.342 e. The van der Waals surface area contributed by atoms with Crippen molar-refractivity contribution in [1.29, 1.82) is 0 Å². The molecule has 2 amide bonds. The highest BCUT2D eigenvalue weighted by Crippen LogP contribution is 2.30. The quantitative estimate of drug-likeness (QED) is 0.807. The van der Waals surface area contributed by atoms with E-state index in [1.165, 1.54) is 12.8 Å². The van der Waals surface area contributed by atoms with Gasteiger partial charge in [-0.2, -0.15) is 5.10 Å². The Labute approximate surface area is 181 Å². The number of aromatic amines is 1. The number of aromatic nitrogens is 3. The van der Waals surface area contributed by atoms with Crippen molar-refractivity contribution in [1.82, 2.24) is 25.0 Å². The average Bonchev–Trinajstić information content (AvgIpc) is 3.24. The molecule has 7 nitrogen and oxygen atoms in total. The summed E-state index contributed by atoms with van der Waals surface area (Å²) >= 11 is 1.60. The van der Waals surface area contributed by atoms with Crippen molar-refractivity contribution in [3.05, 3.63) is 33.0 Å². The maximum Gasteiger partial charge on any atom is 0.257 e. The van der Waals surface area contributed by atoms with Crippen LogP contribution in [0.4, 0.5) is 0 Å². The molecule has 2 fully saturated rings. The van der Waals surface area contributed by atoms with Gasteiger partial charge in [-0.3, -0.25) is 14.7 Å². The molecular formula is C22H31N5O2S. The molecule has 0 spiro atoms. The molecule has 2 aliphatic rings. The fraction of sp³-hybridized carbons (Fsp3) is 0.636. The molecule has 0 bridgehead atoms. The number of piperidine rings is 1. The molecule has 4 rings (SSSR count). The van der Waals surface area contributed by atoms with Gasteiger partial charge in [-0.05, 0) is 39.5 Å². The molecule has 0 aromatic carbocycles. The van der Waals surface area contributed by atoms with Gasteiger partial charge in [-0.25, -0.2) is 4.98 Å². The first-order valence-electron chi connectivity index (χ1n) is 11.1. The number of thiazole rings is 1. The lowest BCUT2D eigenvalue weighted by atomic mass is 9.92. The fourth-order valence-electron chi connectivity index (χ4n) is 4.65. The summed E-state index contributed by atoms with van der Waals surface area (Å²) in [5.41, 5.74) is 2.54. The van der Waals surface area contributed by atoms with Crippen molar-refractivity contribution in [2.24, 2.45) is 0 Å². The molecule has 1 N–H and O–H groups in total. The second kappa shape index (κ2) is 9.29. The third-order valence-electron chi connectivity index (χ3n) is 6.29. The van der Waals surface area contributed by atoms with E-state index in [1.54, 1.807) is 17.5 Å². The van der Waals surface area contributed by atoms with Crippen LogP contribution in [0.3, 0.4) is 0 Å². The van der Waals surface area contributed by atoms with Gasteiger partial charge in [0.25, 0.3) is 5.91 Å². The Morgan fingerprint density at radius 1 is 1.10 bits per heavy atom. The lowest BCUT2D eigenvalue weighted by Gasteiger charge is -2.33.